The molecule has 1 amide bonds. The van der Waals surface area contributed by atoms with Gasteiger partial charge in [0.15, 0.2) is 0 Å². The Hall–Kier alpha value is -1.77. The topological polar surface area (TPSA) is 38.3 Å². The third kappa shape index (κ3) is 3.34. The van der Waals surface area contributed by atoms with Crippen LogP contribution in [-0.4, -0.2) is 19.1 Å². The van der Waals surface area contributed by atoms with E-state index in [0.29, 0.717) is 5.92 Å². The molecule has 22 heavy (non-hydrogen) atoms. The van der Waals surface area contributed by atoms with Crippen molar-refractivity contribution in [1.82, 2.24) is 5.32 Å². The van der Waals surface area contributed by atoms with Gasteiger partial charge in [-0.3, -0.25) is 4.79 Å². The van der Waals surface area contributed by atoms with Crippen molar-refractivity contribution in [2.24, 2.45) is 17.8 Å². The van der Waals surface area contributed by atoms with Gasteiger partial charge in [-0.05, 0) is 67.7 Å². The molecule has 2 aliphatic rings. The maximum Gasteiger partial charge on any atom is 0.244 e. The fourth-order valence-corrected chi connectivity index (χ4v) is 4.17. The highest BCUT2D eigenvalue weighted by Gasteiger charge is 2.41. The van der Waals surface area contributed by atoms with E-state index in [9.17, 15) is 4.79 Å². The lowest BCUT2D eigenvalue weighted by molar-refractivity contribution is -0.117. The summed E-state index contributed by atoms with van der Waals surface area (Å²) in [6.07, 6.45) is 8.92. The molecular formula is C19H25NO2. The van der Waals surface area contributed by atoms with Crippen LogP contribution in [0.15, 0.2) is 30.3 Å². The van der Waals surface area contributed by atoms with Gasteiger partial charge in [0, 0.05) is 12.1 Å². The number of ether oxygens (including phenoxy) is 1. The molecule has 3 rings (SSSR count). The summed E-state index contributed by atoms with van der Waals surface area (Å²) in [7, 11) is 1.65. The first-order chi connectivity index (χ1) is 10.7. The van der Waals surface area contributed by atoms with Crippen molar-refractivity contribution < 1.29 is 9.53 Å². The van der Waals surface area contributed by atoms with Crippen molar-refractivity contribution >= 4 is 12.0 Å². The number of hydrogen-bond donors (Lipinski definition) is 1. The summed E-state index contributed by atoms with van der Waals surface area (Å²) >= 11 is 0. The zero-order valence-electron chi connectivity index (χ0n) is 13.4. The Labute approximate surface area is 132 Å². The highest BCUT2D eigenvalue weighted by Crippen LogP contribution is 2.49. The van der Waals surface area contributed by atoms with Crippen LogP contribution in [0.2, 0.25) is 0 Å². The number of nitrogens with one attached hydrogen (secondary N) is 1. The molecule has 0 spiro atoms. The molecule has 118 valence electrons. The first-order valence-corrected chi connectivity index (χ1v) is 8.28. The van der Waals surface area contributed by atoms with E-state index in [0.717, 1.165) is 23.1 Å². The Kier molecular flexibility index (Phi) is 4.51. The van der Waals surface area contributed by atoms with Gasteiger partial charge in [0.1, 0.15) is 5.75 Å². The minimum absolute atomic E-state index is 0.00564. The number of benzene rings is 1. The quantitative estimate of drug-likeness (QED) is 0.843. The van der Waals surface area contributed by atoms with E-state index in [1.165, 1.54) is 25.7 Å². The average molecular weight is 299 g/mol. The average Bonchev–Trinajstić information content (AvgIpc) is 3.16. The minimum atomic E-state index is 0.00564. The minimum Gasteiger partial charge on any atom is -0.497 e. The summed E-state index contributed by atoms with van der Waals surface area (Å²) in [6.45, 7) is 2.16. The summed E-state index contributed by atoms with van der Waals surface area (Å²) in [5, 5.41) is 3.15. The van der Waals surface area contributed by atoms with Crippen LogP contribution in [0.5, 0.6) is 5.75 Å². The van der Waals surface area contributed by atoms with Gasteiger partial charge in [0.2, 0.25) is 5.91 Å². The maximum atomic E-state index is 12.1. The van der Waals surface area contributed by atoms with E-state index in [1.54, 1.807) is 13.2 Å². The first-order valence-electron chi connectivity index (χ1n) is 8.28. The SMILES string of the molecule is COc1ccc(/C=C/C(=O)N[C@@H](C)[C@@H]2C[C@H]3CC[C@H]2C3)cc1. The van der Waals surface area contributed by atoms with Gasteiger partial charge in [-0.15, -0.1) is 0 Å². The summed E-state index contributed by atoms with van der Waals surface area (Å²) in [5.74, 6) is 3.27. The Morgan fingerprint density at radius 3 is 2.64 bits per heavy atom. The highest BCUT2D eigenvalue weighted by molar-refractivity contribution is 5.91. The Bertz CT molecular complexity index is 549. The Morgan fingerprint density at radius 1 is 1.27 bits per heavy atom. The van der Waals surface area contributed by atoms with Crippen LogP contribution < -0.4 is 10.1 Å². The van der Waals surface area contributed by atoms with Gasteiger partial charge in [-0.2, -0.15) is 0 Å². The molecule has 0 aromatic heterocycles. The Morgan fingerprint density at radius 2 is 2.05 bits per heavy atom. The van der Waals surface area contributed by atoms with E-state index < -0.39 is 0 Å². The second-order valence-electron chi connectivity index (χ2n) is 6.74. The molecule has 1 aromatic carbocycles. The van der Waals surface area contributed by atoms with E-state index in [4.69, 9.17) is 4.74 Å². The zero-order valence-corrected chi connectivity index (χ0v) is 13.4. The van der Waals surface area contributed by atoms with Crippen molar-refractivity contribution in [1.29, 1.82) is 0 Å². The molecule has 0 aliphatic heterocycles. The molecular weight excluding hydrogens is 274 g/mol. The number of carbonyl (C=O) groups excluding carboxylic acids is 1. The molecule has 1 N–H and O–H groups in total. The fourth-order valence-electron chi connectivity index (χ4n) is 4.17. The van der Waals surface area contributed by atoms with Gasteiger partial charge >= 0.3 is 0 Å². The van der Waals surface area contributed by atoms with Gasteiger partial charge in [-0.1, -0.05) is 18.6 Å². The van der Waals surface area contributed by atoms with Gasteiger partial charge in [-0.25, -0.2) is 0 Å². The molecule has 1 aromatic rings. The van der Waals surface area contributed by atoms with Crippen LogP contribution in [0.4, 0.5) is 0 Å². The van der Waals surface area contributed by atoms with Crippen LogP contribution >= 0.6 is 0 Å². The Balaban J connectivity index is 1.52. The number of methoxy groups -OCH3 is 1. The summed E-state index contributed by atoms with van der Waals surface area (Å²) in [4.78, 5) is 12.1. The van der Waals surface area contributed by atoms with Crippen LogP contribution in [0.3, 0.4) is 0 Å². The largest absolute Gasteiger partial charge is 0.497 e. The van der Waals surface area contributed by atoms with Crippen molar-refractivity contribution in [2.75, 3.05) is 7.11 Å². The lowest BCUT2D eigenvalue weighted by atomic mass is 9.84. The molecule has 2 aliphatic carbocycles. The first kappa shape index (κ1) is 15.1. The third-order valence-electron chi connectivity index (χ3n) is 5.35. The van der Waals surface area contributed by atoms with Crippen molar-refractivity contribution in [2.45, 2.75) is 38.6 Å². The predicted octanol–water partition coefficient (Wildman–Crippen LogP) is 3.65. The molecule has 3 heteroatoms. The van der Waals surface area contributed by atoms with Crippen LogP contribution in [0.25, 0.3) is 6.08 Å². The lowest BCUT2D eigenvalue weighted by Crippen LogP contribution is -2.39. The molecule has 3 nitrogen and oxygen atoms in total. The third-order valence-corrected chi connectivity index (χ3v) is 5.35. The zero-order chi connectivity index (χ0) is 15.5. The van der Waals surface area contributed by atoms with Gasteiger partial charge in [0.05, 0.1) is 7.11 Å². The molecule has 0 radical (unpaired) electrons. The number of rotatable bonds is 5. The van der Waals surface area contributed by atoms with Gasteiger partial charge < -0.3 is 10.1 Å². The number of amides is 1. The second kappa shape index (κ2) is 6.55. The van der Waals surface area contributed by atoms with Crippen LogP contribution in [0.1, 0.15) is 38.2 Å². The molecule has 2 fully saturated rings. The van der Waals surface area contributed by atoms with E-state index in [1.807, 2.05) is 30.3 Å². The normalized spacial score (nSPS) is 28.0. The smallest absolute Gasteiger partial charge is 0.244 e. The predicted molar refractivity (Wildman–Crippen MR) is 88.6 cm³/mol. The van der Waals surface area contributed by atoms with E-state index >= 15 is 0 Å². The molecule has 0 heterocycles. The highest BCUT2D eigenvalue weighted by atomic mass is 16.5. The monoisotopic (exact) mass is 299 g/mol. The van der Waals surface area contributed by atoms with E-state index in [2.05, 4.69) is 12.2 Å². The molecule has 0 saturated heterocycles. The summed E-state index contributed by atoms with van der Waals surface area (Å²) in [5.41, 5.74) is 1.00. The van der Waals surface area contributed by atoms with Crippen molar-refractivity contribution in [3.8, 4) is 5.75 Å². The maximum absolute atomic E-state index is 12.1. The number of fused-ring (bicyclic) bond motifs is 2. The number of hydrogen-bond acceptors (Lipinski definition) is 2. The lowest BCUT2D eigenvalue weighted by Gasteiger charge is -2.28. The molecule has 0 unspecified atom stereocenters. The molecule has 4 atom stereocenters. The van der Waals surface area contributed by atoms with Crippen molar-refractivity contribution in [3.05, 3.63) is 35.9 Å². The van der Waals surface area contributed by atoms with Crippen LogP contribution in [-0.2, 0) is 4.79 Å². The van der Waals surface area contributed by atoms with Crippen LogP contribution in [0, 0.1) is 17.8 Å². The molecule has 2 saturated carbocycles. The fraction of sp³-hybridized carbons (Fsp3) is 0.526. The summed E-state index contributed by atoms with van der Waals surface area (Å²) in [6, 6.07) is 7.97. The standard InChI is InChI=1S/C19H25NO2/c1-13(18-12-15-3-7-16(18)11-15)20-19(21)10-6-14-4-8-17(22-2)9-5-14/h4-6,8-10,13,15-16,18H,3,7,11-12H2,1-2H3,(H,20,21)/b10-6+/t13-,15-,16-,18-/m0/s1. The van der Waals surface area contributed by atoms with Gasteiger partial charge in [0.25, 0.3) is 0 Å². The van der Waals surface area contributed by atoms with E-state index in [-0.39, 0.29) is 11.9 Å². The number of carbonyl (C=O) groups is 1. The second-order valence-corrected chi connectivity index (χ2v) is 6.74. The molecule has 2 bridgehead atoms. The summed E-state index contributed by atoms with van der Waals surface area (Å²) < 4.78 is 5.13. The van der Waals surface area contributed by atoms with Crippen molar-refractivity contribution in [3.63, 3.8) is 0 Å².